The fourth-order valence-electron chi connectivity index (χ4n) is 4.97. The molecule has 5 rings (SSSR count). The predicted molar refractivity (Wildman–Crippen MR) is 104 cm³/mol. The van der Waals surface area contributed by atoms with Crippen LogP contribution in [-0.4, -0.2) is 41.2 Å². The summed E-state index contributed by atoms with van der Waals surface area (Å²) in [5.41, 5.74) is 3.81. The number of fused-ring (bicyclic) bond motifs is 3. The summed E-state index contributed by atoms with van der Waals surface area (Å²) in [6.07, 6.45) is 5.51. The molecule has 2 fully saturated rings. The first-order valence-corrected chi connectivity index (χ1v) is 10.2. The van der Waals surface area contributed by atoms with E-state index in [9.17, 15) is 0 Å². The first-order valence-electron chi connectivity index (χ1n) is 9.87. The molecule has 2 unspecified atom stereocenters. The van der Waals surface area contributed by atoms with E-state index in [-0.39, 0.29) is 6.10 Å². The van der Waals surface area contributed by atoms with Gasteiger partial charge in [0.15, 0.2) is 0 Å². The van der Waals surface area contributed by atoms with Crippen molar-refractivity contribution in [1.82, 2.24) is 14.9 Å². The number of H-pyrrole nitrogens is 1. The van der Waals surface area contributed by atoms with Gasteiger partial charge in [0.05, 0.1) is 31.3 Å². The van der Waals surface area contributed by atoms with Gasteiger partial charge in [-0.2, -0.15) is 0 Å². The number of halogens is 1. The summed E-state index contributed by atoms with van der Waals surface area (Å²) in [6.45, 7) is 6.84. The molecule has 2 atom stereocenters. The van der Waals surface area contributed by atoms with Gasteiger partial charge in [-0.05, 0) is 56.8 Å². The number of aryl methyl sites for hydroxylation is 1. The van der Waals surface area contributed by atoms with Gasteiger partial charge in [0, 0.05) is 28.7 Å². The average Bonchev–Trinajstić information content (AvgIpc) is 3.08. The SMILES string of the molecule is Cc1[nH]cnc1CN1CCC2(CC1)COC1c3ccc(Cl)cc3OCC1C2. The molecule has 1 spiro atoms. The standard InChI is InChI=1S/C21H26ClN3O2/c1-14-18(24-13-23-14)10-25-6-4-21(5-7-25)9-15-11-26-19-8-16(22)2-3-17(19)20(15)27-12-21/h2-3,8,13,15,20H,4-7,9-12H2,1H3,(H,23,24). The number of aromatic nitrogens is 2. The van der Waals surface area contributed by atoms with Crippen LogP contribution in [0.2, 0.25) is 5.02 Å². The Kier molecular flexibility index (Phi) is 4.42. The van der Waals surface area contributed by atoms with Gasteiger partial charge in [0.25, 0.3) is 0 Å². The molecule has 1 aromatic heterocycles. The number of benzene rings is 1. The number of rotatable bonds is 2. The third-order valence-corrected chi connectivity index (χ3v) is 6.89. The summed E-state index contributed by atoms with van der Waals surface area (Å²) < 4.78 is 12.5. The number of hydrogen-bond donors (Lipinski definition) is 1. The number of ether oxygens (including phenoxy) is 2. The van der Waals surface area contributed by atoms with E-state index in [1.54, 1.807) is 6.33 Å². The lowest BCUT2D eigenvalue weighted by molar-refractivity contribution is -0.136. The summed E-state index contributed by atoms with van der Waals surface area (Å²) in [5, 5.41) is 0.721. The molecule has 4 heterocycles. The lowest BCUT2D eigenvalue weighted by Crippen LogP contribution is -2.48. The lowest BCUT2D eigenvalue weighted by atomic mass is 9.69. The molecule has 3 aliphatic heterocycles. The average molecular weight is 388 g/mol. The number of aromatic amines is 1. The van der Waals surface area contributed by atoms with Crippen LogP contribution in [0.1, 0.15) is 42.3 Å². The molecule has 2 aromatic rings. The van der Waals surface area contributed by atoms with Gasteiger partial charge in [0.2, 0.25) is 0 Å². The normalized spacial score (nSPS) is 27.0. The van der Waals surface area contributed by atoms with Crippen LogP contribution < -0.4 is 4.74 Å². The highest BCUT2D eigenvalue weighted by molar-refractivity contribution is 6.30. The van der Waals surface area contributed by atoms with E-state index in [0.29, 0.717) is 11.3 Å². The van der Waals surface area contributed by atoms with Crippen molar-refractivity contribution in [1.29, 1.82) is 0 Å². The molecular weight excluding hydrogens is 362 g/mol. The summed E-state index contributed by atoms with van der Waals surface area (Å²) in [7, 11) is 0. The molecule has 1 aromatic carbocycles. The topological polar surface area (TPSA) is 50.4 Å². The highest BCUT2D eigenvalue weighted by Gasteiger charge is 2.46. The van der Waals surface area contributed by atoms with Crippen molar-refractivity contribution in [2.45, 2.75) is 38.8 Å². The number of likely N-dealkylation sites (tertiary alicyclic amines) is 1. The minimum atomic E-state index is 0.154. The van der Waals surface area contributed by atoms with Crippen molar-refractivity contribution in [2.24, 2.45) is 11.3 Å². The Balaban J connectivity index is 1.24. The van der Waals surface area contributed by atoms with Gasteiger partial charge in [0.1, 0.15) is 5.75 Å². The molecule has 144 valence electrons. The van der Waals surface area contributed by atoms with Gasteiger partial charge in [-0.1, -0.05) is 17.7 Å². The second kappa shape index (κ2) is 6.80. The highest BCUT2D eigenvalue weighted by atomic mass is 35.5. The van der Waals surface area contributed by atoms with E-state index in [0.717, 1.165) is 49.2 Å². The Hall–Kier alpha value is -1.56. The second-order valence-corrected chi connectivity index (χ2v) is 8.88. The Bertz CT molecular complexity index is 829. The molecule has 0 radical (unpaired) electrons. The third-order valence-electron chi connectivity index (χ3n) is 6.65. The molecule has 3 aliphatic rings. The number of nitrogens with zero attached hydrogens (tertiary/aromatic N) is 2. The number of nitrogens with one attached hydrogen (secondary N) is 1. The summed E-state index contributed by atoms with van der Waals surface area (Å²) in [6, 6.07) is 5.92. The predicted octanol–water partition coefficient (Wildman–Crippen LogP) is 4.12. The van der Waals surface area contributed by atoms with Crippen LogP contribution in [-0.2, 0) is 11.3 Å². The molecule has 0 bridgehead atoms. The fourth-order valence-corrected chi connectivity index (χ4v) is 5.13. The van der Waals surface area contributed by atoms with Crippen molar-refractivity contribution in [3.63, 3.8) is 0 Å². The van der Waals surface area contributed by atoms with Gasteiger partial charge < -0.3 is 14.5 Å². The van der Waals surface area contributed by atoms with Gasteiger partial charge in [-0.15, -0.1) is 0 Å². The molecule has 27 heavy (non-hydrogen) atoms. The largest absolute Gasteiger partial charge is 0.493 e. The number of imidazole rings is 1. The fraction of sp³-hybridized carbons (Fsp3) is 0.571. The van der Waals surface area contributed by atoms with E-state index < -0.39 is 0 Å². The third kappa shape index (κ3) is 3.26. The zero-order valence-electron chi connectivity index (χ0n) is 15.7. The van der Waals surface area contributed by atoms with E-state index in [1.165, 1.54) is 30.7 Å². The van der Waals surface area contributed by atoms with E-state index in [4.69, 9.17) is 21.1 Å². The van der Waals surface area contributed by atoms with Gasteiger partial charge >= 0.3 is 0 Å². The van der Waals surface area contributed by atoms with Crippen LogP contribution in [0, 0.1) is 18.3 Å². The van der Waals surface area contributed by atoms with Crippen molar-refractivity contribution >= 4 is 11.6 Å². The first kappa shape index (κ1) is 17.5. The monoisotopic (exact) mass is 387 g/mol. The van der Waals surface area contributed by atoms with Crippen molar-refractivity contribution < 1.29 is 9.47 Å². The molecule has 1 N–H and O–H groups in total. The number of hydrogen-bond acceptors (Lipinski definition) is 4. The minimum absolute atomic E-state index is 0.154. The second-order valence-electron chi connectivity index (χ2n) is 8.44. The van der Waals surface area contributed by atoms with Crippen molar-refractivity contribution in [3.05, 3.63) is 46.5 Å². The zero-order valence-corrected chi connectivity index (χ0v) is 16.5. The van der Waals surface area contributed by atoms with E-state index in [1.807, 2.05) is 12.1 Å². The summed E-state index contributed by atoms with van der Waals surface area (Å²) in [4.78, 5) is 10.1. The minimum Gasteiger partial charge on any atom is -0.493 e. The summed E-state index contributed by atoms with van der Waals surface area (Å²) >= 11 is 6.11. The smallest absolute Gasteiger partial charge is 0.126 e. The quantitative estimate of drug-likeness (QED) is 0.841. The molecule has 2 saturated heterocycles. The van der Waals surface area contributed by atoms with Crippen LogP contribution in [0.5, 0.6) is 5.75 Å². The first-order chi connectivity index (χ1) is 13.1. The Labute approximate surface area is 165 Å². The molecule has 0 amide bonds. The van der Waals surface area contributed by atoms with Crippen molar-refractivity contribution in [3.8, 4) is 5.75 Å². The Morgan fingerprint density at radius 3 is 2.96 bits per heavy atom. The van der Waals surface area contributed by atoms with Gasteiger partial charge in [-0.3, -0.25) is 4.90 Å². The maximum atomic E-state index is 6.44. The Morgan fingerprint density at radius 1 is 1.33 bits per heavy atom. The lowest BCUT2D eigenvalue weighted by Gasteiger charge is -2.50. The highest BCUT2D eigenvalue weighted by Crippen LogP contribution is 2.51. The summed E-state index contributed by atoms with van der Waals surface area (Å²) in [5.74, 6) is 1.33. The molecule has 5 nitrogen and oxygen atoms in total. The molecule has 0 saturated carbocycles. The molecule has 0 aliphatic carbocycles. The van der Waals surface area contributed by atoms with Crippen LogP contribution in [0.4, 0.5) is 0 Å². The zero-order chi connectivity index (χ0) is 18.4. The van der Waals surface area contributed by atoms with E-state index >= 15 is 0 Å². The van der Waals surface area contributed by atoms with Crippen molar-refractivity contribution in [2.75, 3.05) is 26.3 Å². The maximum Gasteiger partial charge on any atom is 0.126 e. The van der Waals surface area contributed by atoms with Crippen LogP contribution >= 0.6 is 11.6 Å². The number of piperidine rings is 1. The van der Waals surface area contributed by atoms with E-state index in [2.05, 4.69) is 27.9 Å². The van der Waals surface area contributed by atoms with Gasteiger partial charge in [-0.25, -0.2) is 4.98 Å². The van der Waals surface area contributed by atoms with Crippen LogP contribution in [0.15, 0.2) is 24.5 Å². The maximum absolute atomic E-state index is 6.44. The Morgan fingerprint density at radius 2 is 2.19 bits per heavy atom. The van der Waals surface area contributed by atoms with Crippen LogP contribution in [0.25, 0.3) is 0 Å². The van der Waals surface area contributed by atoms with Crippen LogP contribution in [0.3, 0.4) is 0 Å². The molecular formula is C21H26ClN3O2. The molecule has 6 heteroatoms.